The number of aryl methyl sites for hydroxylation is 1. The smallest absolute Gasteiger partial charge is 0.234 e. The second-order valence-corrected chi connectivity index (χ2v) is 8.51. The number of amides is 1. The highest BCUT2D eigenvalue weighted by molar-refractivity contribution is 7.99. The molecule has 2 heterocycles. The molecule has 0 aliphatic carbocycles. The number of nitrogens with one attached hydrogen (secondary N) is 2. The largest absolute Gasteiger partial charge is 0.360 e. The van der Waals surface area contributed by atoms with Crippen molar-refractivity contribution in [3.8, 4) is 17.1 Å². The Balaban J connectivity index is 1.46. The number of fused-ring (bicyclic) bond motifs is 1. The third-order valence-electron chi connectivity index (χ3n) is 5.22. The highest BCUT2D eigenvalue weighted by Gasteiger charge is 2.20. The normalized spacial score (nSPS) is 11.1. The van der Waals surface area contributed by atoms with Gasteiger partial charge in [-0.05, 0) is 49.4 Å². The lowest BCUT2D eigenvalue weighted by Crippen LogP contribution is -2.14. The Morgan fingerprint density at radius 1 is 1.03 bits per heavy atom. The molecule has 5 aromatic rings. The summed E-state index contributed by atoms with van der Waals surface area (Å²) < 4.78 is 15.4. The van der Waals surface area contributed by atoms with Crippen molar-refractivity contribution in [2.75, 3.05) is 11.1 Å². The van der Waals surface area contributed by atoms with Gasteiger partial charge in [0.15, 0.2) is 11.0 Å². The summed E-state index contributed by atoms with van der Waals surface area (Å²) in [5.41, 5.74) is 4.43. The number of hydrogen-bond donors (Lipinski definition) is 2. The summed E-state index contributed by atoms with van der Waals surface area (Å²) in [6.07, 6.45) is 1.88. The Hall–Kier alpha value is -3.91. The van der Waals surface area contributed by atoms with Gasteiger partial charge in [0.1, 0.15) is 5.82 Å². The van der Waals surface area contributed by atoms with Crippen LogP contribution in [0.1, 0.15) is 5.56 Å². The minimum Gasteiger partial charge on any atom is -0.360 e. The van der Waals surface area contributed by atoms with E-state index in [1.807, 2.05) is 66.2 Å². The molecule has 0 spiro atoms. The molecule has 2 N–H and O–H groups in total. The van der Waals surface area contributed by atoms with Gasteiger partial charge < -0.3 is 10.3 Å². The highest BCUT2D eigenvalue weighted by Crippen LogP contribution is 2.32. The SMILES string of the molecule is Cc1ccc(NC(=O)CSc2nnc(-c3c[nH]c4ccccc34)n2-c2ccc(F)cc2)cc1. The zero-order valence-electron chi connectivity index (χ0n) is 17.7. The quantitative estimate of drug-likeness (QED) is 0.326. The molecule has 0 unspecified atom stereocenters. The average Bonchev–Trinajstić information content (AvgIpc) is 3.44. The number of hydrogen-bond acceptors (Lipinski definition) is 4. The van der Waals surface area contributed by atoms with Gasteiger partial charge in [-0.15, -0.1) is 10.2 Å². The number of aromatic nitrogens is 4. The molecular formula is C25H20FN5OS. The van der Waals surface area contributed by atoms with Gasteiger partial charge >= 0.3 is 0 Å². The molecule has 0 bridgehead atoms. The molecule has 8 heteroatoms. The molecule has 6 nitrogen and oxygen atoms in total. The van der Waals surface area contributed by atoms with Crippen molar-refractivity contribution in [3.63, 3.8) is 0 Å². The maximum atomic E-state index is 13.6. The number of thioether (sulfide) groups is 1. The Bertz CT molecular complexity index is 1420. The van der Waals surface area contributed by atoms with Crippen LogP contribution in [-0.4, -0.2) is 31.4 Å². The molecule has 0 aliphatic heterocycles. The van der Waals surface area contributed by atoms with Crippen LogP contribution in [0, 0.1) is 12.7 Å². The molecule has 0 saturated carbocycles. The molecule has 0 aliphatic rings. The minimum absolute atomic E-state index is 0.147. The summed E-state index contributed by atoms with van der Waals surface area (Å²) in [6, 6.07) is 21.7. The van der Waals surface area contributed by atoms with Gasteiger partial charge in [0, 0.05) is 34.0 Å². The predicted molar refractivity (Wildman–Crippen MR) is 129 cm³/mol. The van der Waals surface area contributed by atoms with Crippen molar-refractivity contribution in [2.24, 2.45) is 0 Å². The van der Waals surface area contributed by atoms with Gasteiger partial charge in [-0.1, -0.05) is 47.7 Å². The Morgan fingerprint density at radius 3 is 2.58 bits per heavy atom. The van der Waals surface area contributed by atoms with Gasteiger partial charge in [-0.2, -0.15) is 0 Å². The maximum absolute atomic E-state index is 13.6. The van der Waals surface area contributed by atoms with E-state index in [9.17, 15) is 9.18 Å². The maximum Gasteiger partial charge on any atom is 0.234 e. The fraction of sp³-hybridized carbons (Fsp3) is 0.0800. The van der Waals surface area contributed by atoms with Crippen LogP contribution in [0.25, 0.3) is 28.0 Å². The van der Waals surface area contributed by atoms with Crippen molar-refractivity contribution < 1.29 is 9.18 Å². The lowest BCUT2D eigenvalue weighted by atomic mass is 10.1. The summed E-state index contributed by atoms with van der Waals surface area (Å²) >= 11 is 1.27. The number of nitrogens with zero attached hydrogens (tertiary/aromatic N) is 3. The Labute approximate surface area is 193 Å². The fourth-order valence-electron chi connectivity index (χ4n) is 3.58. The molecule has 0 atom stereocenters. The monoisotopic (exact) mass is 457 g/mol. The molecule has 0 fully saturated rings. The molecule has 0 saturated heterocycles. The number of H-pyrrole nitrogens is 1. The number of halogens is 1. The second-order valence-electron chi connectivity index (χ2n) is 7.57. The number of rotatable bonds is 6. The summed E-state index contributed by atoms with van der Waals surface area (Å²) in [5.74, 6) is 0.292. The number of benzene rings is 3. The number of aromatic amines is 1. The molecule has 5 rings (SSSR count). The highest BCUT2D eigenvalue weighted by atomic mass is 32.2. The first-order valence-corrected chi connectivity index (χ1v) is 11.3. The topological polar surface area (TPSA) is 75.6 Å². The first kappa shape index (κ1) is 21.0. The third-order valence-corrected chi connectivity index (χ3v) is 6.14. The molecule has 2 aromatic heterocycles. The van der Waals surface area contributed by atoms with E-state index in [1.54, 1.807) is 12.1 Å². The van der Waals surface area contributed by atoms with E-state index in [1.165, 1.54) is 23.9 Å². The number of para-hydroxylation sites is 1. The first-order valence-electron chi connectivity index (χ1n) is 10.4. The lowest BCUT2D eigenvalue weighted by molar-refractivity contribution is -0.113. The Morgan fingerprint density at radius 2 is 1.79 bits per heavy atom. The van der Waals surface area contributed by atoms with E-state index >= 15 is 0 Å². The zero-order chi connectivity index (χ0) is 22.8. The zero-order valence-corrected chi connectivity index (χ0v) is 18.6. The van der Waals surface area contributed by atoms with Crippen LogP contribution in [0.15, 0.2) is 84.1 Å². The third kappa shape index (κ3) is 4.38. The van der Waals surface area contributed by atoms with Gasteiger partial charge in [0.05, 0.1) is 5.75 Å². The van der Waals surface area contributed by atoms with Gasteiger partial charge in [0.2, 0.25) is 5.91 Å². The van der Waals surface area contributed by atoms with E-state index in [0.29, 0.717) is 16.7 Å². The summed E-state index contributed by atoms with van der Waals surface area (Å²) in [6.45, 7) is 2.00. The number of carbonyl (C=O) groups is 1. The van der Waals surface area contributed by atoms with Crippen LogP contribution in [0.4, 0.5) is 10.1 Å². The van der Waals surface area contributed by atoms with Crippen molar-refractivity contribution >= 4 is 34.3 Å². The van der Waals surface area contributed by atoms with Crippen LogP contribution in [-0.2, 0) is 4.79 Å². The number of anilines is 1. The van der Waals surface area contributed by atoms with E-state index < -0.39 is 0 Å². The molecule has 1 amide bonds. The van der Waals surface area contributed by atoms with Crippen LogP contribution in [0.3, 0.4) is 0 Å². The van der Waals surface area contributed by atoms with Crippen molar-refractivity contribution in [3.05, 3.63) is 90.4 Å². The van der Waals surface area contributed by atoms with Crippen molar-refractivity contribution in [1.82, 2.24) is 19.7 Å². The first-order chi connectivity index (χ1) is 16.1. The molecular weight excluding hydrogens is 437 g/mol. The minimum atomic E-state index is -0.327. The standard InChI is InChI=1S/C25H20FN5OS/c1-16-6-10-18(11-7-16)28-23(32)15-33-25-30-29-24(31(25)19-12-8-17(26)9-13-19)21-14-27-22-5-3-2-4-20(21)22/h2-14,27H,15H2,1H3,(H,28,32). The van der Waals surface area contributed by atoms with Crippen LogP contribution >= 0.6 is 11.8 Å². The molecule has 33 heavy (non-hydrogen) atoms. The average molecular weight is 458 g/mol. The fourth-order valence-corrected chi connectivity index (χ4v) is 4.33. The van der Waals surface area contributed by atoms with Gasteiger partial charge in [0.25, 0.3) is 0 Å². The molecule has 0 radical (unpaired) electrons. The van der Waals surface area contributed by atoms with Crippen molar-refractivity contribution in [2.45, 2.75) is 12.1 Å². The van der Waals surface area contributed by atoms with Gasteiger partial charge in [-0.3, -0.25) is 9.36 Å². The van der Waals surface area contributed by atoms with Crippen LogP contribution < -0.4 is 5.32 Å². The molecule has 3 aromatic carbocycles. The van der Waals surface area contributed by atoms with Crippen LogP contribution in [0.5, 0.6) is 0 Å². The van der Waals surface area contributed by atoms with E-state index in [-0.39, 0.29) is 17.5 Å². The van der Waals surface area contributed by atoms with Gasteiger partial charge in [-0.25, -0.2) is 4.39 Å². The van der Waals surface area contributed by atoms with E-state index in [0.717, 1.165) is 27.7 Å². The predicted octanol–water partition coefficient (Wildman–Crippen LogP) is 5.59. The summed E-state index contributed by atoms with van der Waals surface area (Å²) in [5, 5.41) is 13.2. The summed E-state index contributed by atoms with van der Waals surface area (Å²) in [7, 11) is 0. The molecule has 164 valence electrons. The van der Waals surface area contributed by atoms with Crippen LogP contribution in [0.2, 0.25) is 0 Å². The second kappa shape index (κ2) is 8.91. The van der Waals surface area contributed by atoms with E-state index in [4.69, 9.17) is 0 Å². The van der Waals surface area contributed by atoms with Crippen molar-refractivity contribution in [1.29, 1.82) is 0 Å². The summed E-state index contributed by atoms with van der Waals surface area (Å²) in [4.78, 5) is 15.8. The lowest BCUT2D eigenvalue weighted by Gasteiger charge is -2.10. The van der Waals surface area contributed by atoms with E-state index in [2.05, 4.69) is 20.5 Å². The Kier molecular flexibility index (Phi) is 5.66. The number of carbonyl (C=O) groups excluding carboxylic acids is 1.